The summed E-state index contributed by atoms with van der Waals surface area (Å²) in [5.74, 6) is -0.231. The third kappa shape index (κ3) is 5.66. The molecule has 3 heteroatoms. The van der Waals surface area contributed by atoms with E-state index < -0.39 is 12.6 Å². The fourth-order valence-electron chi connectivity index (χ4n) is 0.539. The van der Waals surface area contributed by atoms with E-state index in [0.717, 1.165) is 0 Å². The zero-order valence-electron chi connectivity index (χ0n) is 5.63. The van der Waals surface area contributed by atoms with Gasteiger partial charge in [0.15, 0.2) is 0 Å². The number of hydrogen-bond acceptors (Lipinski definition) is 0. The van der Waals surface area contributed by atoms with Crippen LogP contribution in [0, 0.1) is 5.92 Å². The molecule has 0 aromatic heterocycles. The highest BCUT2D eigenvalue weighted by Gasteiger charge is 2.28. The Morgan fingerprint density at radius 3 is 1.89 bits per heavy atom. The Bertz CT molecular complexity index is 74.9. The molecule has 0 nitrogen and oxygen atoms in total. The molecule has 0 aliphatic heterocycles. The average molecular weight is 140 g/mol. The molecule has 0 aromatic rings. The Kier molecular flexibility index (Phi) is 3.01. The minimum absolute atomic E-state index is 0.231. The van der Waals surface area contributed by atoms with Gasteiger partial charge < -0.3 is 0 Å². The zero-order valence-corrected chi connectivity index (χ0v) is 5.63. The first-order valence-electron chi connectivity index (χ1n) is 3.02. The maximum absolute atomic E-state index is 11.5. The zero-order chi connectivity index (χ0) is 7.49. The highest BCUT2D eigenvalue weighted by molar-refractivity contribution is 4.56. The van der Waals surface area contributed by atoms with Gasteiger partial charge in [-0.2, -0.15) is 13.2 Å². The van der Waals surface area contributed by atoms with Crippen LogP contribution in [0.25, 0.3) is 0 Å². The van der Waals surface area contributed by atoms with Gasteiger partial charge in [0.05, 0.1) is 0 Å². The number of alkyl halides is 3. The van der Waals surface area contributed by atoms with E-state index in [9.17, 15) is 13.2 Å². The van der Waals surface area contributed by atoms with Gasteiger partial charge in [0.2, 0.25) is 0 Å². The predicted octanol–water partition coefficient (Wildman–Crippen LogP) is 2.98. The van der Waals surface area contributed by atoms with Crippen LogP contribution in [0.2, 0.25) is 0 Å². The summed E-state index contributed by atoms with van der Waals surface area (Å²) in [4.78, 5) is 0. The van der Waals surface area contributed by atoms with Crippen molar-refractivity contribution >= 4 is 0 Å². The maximum atomic E-state index is 11.5. The van der Waals surface area contributed by atoms with Crippen LogP contribution in [0.3, 0.4) is 0 Å². The molecule has 9 heavy (non-hydrogen) atoms. The van der Waals surface area contributed by atoms with E-state index in [1.807, 2.05) is 0 Å². The van der Waals surface area contributed by atoms with E-state index in [2.05, 4.69) is 0 Å². The molecule has 0 rings (SSSR count). The molecule has 1 atom stereocenters. The molecule has 0 amide bonds. The van der Waals surface area contributed by atoms with Crippen LogP contribution in [0.4, 0.5) is 13.2 Å². The molecule has 0 heterocycles. The third-order valence-corrected chi connectivity index (χ3v) is 1.28. The van der Waals surface area contributed by atoms with E-state index >= 15 is 0 Å². The molecule has 0 N–H and O–H groups in total. The molecule has 0 radical (unpaired) electrons. The molecule has 0 fully saturated rings. The van der Waals surface area contributed by atoms with Crippen LogP contribution in [-0.2, 0) is 0 Å². The maximum Gasteiger partial charge on any atom is 0.389 e. The Morgan fingerprint density at radius 1 is 1.33 bits per heavy atom. The van der Waals surface area contributed by atoms with Crippen LogP contribution in [-0.4, -0.2) is 6.18 Å². The summed E-state index contributed by atoms with van der Waals surface area (Å²) in [6.07, 6.45) is -4.03. The van der Waals surface area contributed by atoms with Crippen molar-refractivity contribution in [3.8, 4) is 0 Å². The smallest absolute Gasteiger partial charge is 0.171 e. The minimum Gasteiger partial charge on any atom is -0.171 e. The lowest BCUT2D eigenvalue weighted by Crippen LogP contribution is -2.12. The van der Waals surface area contributed by atoms with Crippen molar-refractivity contribution in [3.63, 3.8) is 0 Å². The Hall–Kier alpha value is -0.210. The molecule has 0 aliphatic carbocycles. The molecule has 0 bridgehead atoms. The quantitative estimate of drug-likeness (QED) is 0.553. The topological polar surface area (TPSA) is 0 Å². The number of halogens is 3. The normalized spacial score (nSPS) is 15.7. The van der Waals surface area contributed by atoms with Crippen molar-refractivity contribution in [2.24, 2.45) is 5.92 Å². The lowest BCUT2D eigenvalue weighted by molar-refractivity contribution is -0.143. The third-order valence-electron chi connectivity index (χ3n) is 1.28. The second-order valence-electron chi connectivity index (χ2n) is 2.33. The number of hydrogen-bond donors (Lipinski definition) is 0. The van der Waals surface area contributed by atoms with Crippen LogP contribution in [0.5, 0.6) is 0 Å². The summed E-state index contributed by atoms with van der Waals surface area (Å²) in [7, 11) is 0. The SMILES string of the molecule is CCC(C)CC(F)(F)F. The summed E-state index contributed by atoms with van der Waals surface area (Å²) in [5, 5.41) is 0. The molecule has 0 aliphatic rings. The highest BCUT2D eigenvalue weighted by Crippen LogP contribution is 2.25. The summed E-state index contributed by atoms with van der Waals surface area (Å²) in [5.41, 5.74) is 0. The first-order chi connectivity index (χ1) is 3.95. The average Bonchev–Trinajstić information content (AvgIpc) is 1.62. The molecule has 1 unspecified atom stereocenters. The second kappa shape index (κ2) is 3.08. The standard InChI is InChI=1S/C6H11F3/c1-3-5(2)4-6(7,8)9/h5H,3-4H2,1-2H3. The molecule has 56 valence electrons. The van der Waals surface area contributed by atoms with E-state index in [-0.39, 0.29) is 5.92 Å². The van der Waals surface area contributed by atoms with Gasteiger partial charge in [0.25, 0.3) is 0 Å². The van der Waals surface area contributed by atoms with Crippen molar-refractivity contribution in [2.45, 2.75) is 32.9 Å². The van der Waals surface area contributed by atoms with Gasteiger partial charge in [-0.1, -0.05) is 20.3 Å². The van der Waals surface area contributed by atoms with Crippen molar-refractivity contribution in [3.05, 3.63) is 0 Å². The summed E-state index contributed by atoms with van der Waals surface area (Å²) < 4.78 is 34.5. The van der Waals surface area contributed by atoms with Gasteiger partial charge in [-0.25, -0.2) is 0 Å². The van der Waals surface area contributed by atoms with E-state index in [0.29, 0.717) is 6.42 Å². The van der Waals surface area contributed by atoms with E-state index in [1.165, 1.54) is 0 Å². The Morgan fingerprint density at radius 2 is 1.78 bits per heavy atom. The van der Waals surface area contributed by atoms with E-state index in [1.54, 1.807) is 13.8 Å². The largest absolute Gasteiger partial charge is 0.389 e. The molecular formula is C6H11F3. The summed E-state index contributed by atoms with van der Waals surface area (Å²) >= 11 is 0. The molecule has 0 saturated heterocycles. The number of rotatable bonds is 2. The van der Waals surface area contributed by atoms with Crippen LogP contribution >= 0.6 is 0 Å². The van der Waals surface area contributed by atoms with Crippen LogP contribution < -0.4 is 0 Å². The Labute approximate surface area is 53.1 Å². The van der Waals surface area contributed by atoms with E-state index in [4.69, 9.17) is 0 Å². The van der Waals surface area contributed by atoms with Gasteiger partial charge in [0, 0.05) is 6.42 Å². The fourth-order valence-corrected chi connectivity index (χ4v) is 0.539. The van der Waals surface area contributed by atoms with Crippen molar-refractivity contribution in [1.29, 1.82) is 0 Å². The van der Waals surface area contributed by atoms with Gasteiger partial charge in [-0.15, -0.1) is 0 Å². The first kappa shape index (κ1) is 8.79. The predicted molar refractivity (Wildman–Crippen MR) is 30.1 cm³/mol. The lowest BCUT2D eigenvalue weighted by Gasteiger charge is -2.10. The summed E-state index contributed by atoms with van der Waals surface area (Å²) in [6.45, 7) is 3.36. The van der Waals surface area contributed by atoms with Crippen LogP contribution in [0.1, 0.15) is 26.7 Å². The monoisotopic (exact) mass is 140 g/mol. The van der Waals surface area contributed by atoms with Crippen molar-refractivity contribution < 1.29 is 13.2 Å². The second-order valence-corrected chi connectivity index (χ2v) is 2.33. The highest BCUT2D eigenvalue weighted by atomic mass is 19.4. The van der Waals surface area contributed by atoms with Crippen LogP contribution in [0.15, 0.2) is 0 Å². The molecule has 0 spiro atoms. The summed E-state index contributed by atoms with van der Waals surface area (Å²) in [6, 6.07) is 0. The van der Waals surface area contributed by atoms with Gasteiger partial charge in [-0.05, 0) is 5.92 Å². The fraction of sp³-hybridized carbons (Fsp3) is 1.00. The van der Waals surface area contributed by atoms with Gasteiger partial charge >= 0.3 is 6.18 Å². The molecular weight excluding hydrogens is 129 g/mol. The van der Waals surface area contributed by atoms with Crippen molar-refractivity contribution in [2.75, 3.05) is 0 Å². The van der Waals surface area contributed by atoms with Gasteiger partial charge in [-0.3, -0.25) is 0 Å². The first-order valence-corrected chi connectivity index (χ1v) is 3.02. The molecule has 0 saturated carbocycles. The van der Waals surface area contributed by atoms with Crippen molar-refractivity contribution in [1.82, 2.24) is 0 Å². The van der Waals surface area contributed by atoms with Gasteiger partial charge in [0.1, 0.15) is 0 Å². The molecule has 0 aromatic carbocycles. The lowest BCUT2D eigenvalue weighted by atomic mass is 10.1. The Balaban J connectivity index is 3.47. The minimum atomic E-state index is -3.98.